The fourth-order valence-electron chi connectivity index (χ4n) is 2.45. The van der Waals surface area contributed by atoms with Crippen molar-refractivity contribution in [1.82, 2.24) is 10.2 Å². The maximum absolute atomic E-state index is 12.3. The highest BCUT2D eigenvalue weighted by Crippen LogP contribution is 2.31. The number of nitrogens with one attached hydrogen (secondary N) is 1. The van der Waals surface area contributed by atoms with E-state index in [1.807, 2.05) is 31.2 Å². The summed E-state index contributed by atoms with van der Waals surface area (Å²) in [5.41, 5.74) is 1.46. The maximum atomic E-state index is 12.3. The average molecular weight is 440 g/mol. The van der Waals surface area contributed by atoms with Gasteiger partial charge in [0.15, 0.2) is 16.5 Å². The molecule has 0 atom stereocenters. The minimum Gasteiger partial charge on any atom is -0.490 e. The number of rotatable bonds is 8. The Balaban J connectivity index is 1.76. The van der Waals surface area contributed by atoms with Crippen molar-refractivity contribution >= 4 is 45.6 Å². The van der Waals surface area contributed by atoms with Gasteiger partial charge in [-0.25, -0.2) is 0 Å². The lowest BCUT2D eigenvalue weighted by atomic mass is 10.2. The second kappa shape index (κ2) is 10.4. The molecule has 1 N–H and O–H groups in total. The van der Waals surface area contributed by atoms with Gasteiger partial charge in [-0.3, -0.25) is 4.79 Å². The highest BCUT2D eigenvalue weighted by molar-refractivity contribution is 7.15. The fraction of sp³-hybridized carbons (Fsp3) is 0.136. The van der Waals surface area contributed by atoms with Crippen LogP contribution in [0.15, 0.2) is 48.5 Å². The Bertz CT molecular complexity index is 1090. The molecule has 3 aromatic rings. The summed E-state index contributed by atoms with van der Waals surface area (Å²) in [6, 6.07) is 14.5. The second-order valence-corrected chi connectivity index (χ2v) is 7.24. The van der Waals surface area contributed by atoms with Gasteiger partial charge in [0.2, 0.25) is 5.01 Å². The third-order valence-corrected chi connectivity index (χ3v) is 5.08. The van der Waals surface area contributed by atoms with Crippen LogP contribution < -0.4 is 14.8 Å². The van der Waals surface area contributed by atoms with Gasteiger partial charge >= 0.3 is 0 Å². The van der Waals surface area contributed by atoms with Gasteiger partial charge in [-0.1, -0.05) is 53.1 Å². The molecule has 152 valence electrons. The lowest BCUT2D eigenvalue weighted by Crippen LogP contribution is -2.11. The highest BCUT2D eigenvalue weighted by atomic mass is 35.5. The molecule has 0 radical (unpaired) electrons. The van der Waals surface area contributed by atoms with Crippen molar-refractivity contribution in [2.24, 2.45) is 0 Å². The quantitative estimate of drug-likeness (QED) is 0.503. The Kier molecular flexibility index (Phi) is 7.44. The molecule has 0 bridgehead atoms. The van der Waals surface area contributed by atoms with Crippen LogP contribution in [0.1, 0.15) is 27.3 Å². The molecule has 0 fully saturated rings. The third-order valence-electron chi connectivity index (χ3n) is 3.73. The molecular weight excluding hydrogens is 422 g/mol. The smallest absolute Gasteiger partial charge is 0.286 e. The van der Waals surface area contributed by atoms with Crippen LogP contribution >= 0.6 is 22.9 Å². The second-order valence-electron chi connectivity index (χ2n) is 5.86. The summed E-state index contributed by atoms with van der Waals surface area (Å²) in [5, 5.41) is 11.7. The topological polar surface area (TPSA) is 73.3 Å². The number of ether oxygens (including phenoxy) is 2. The van der Waals surface area contributed by atoms with Gasteiger partial charge in [0.05, 0.1) is 11.6 Å². The summed E-state index contributed by atoms with van der Waals surface area (Å²) in [6.45, 7) is 2.50. The lowest BCUT2D eigenvalue weighted by molar-refractivity contribution is 0.102. The van der Waals surface area contributed by atoms with E-state index in [4.69, 9.17) is 27.5 Å². The molecule has 2 aromatic carbocycles. The van der Waals surface area contributed by atoms with E-state index in [1.54, 1.807) is 30.3 Å². The molecule has 0 saturated heterocycles. The first-order chi connectivity index (χ1) is 14.6. The monoisotopic (exact) mass is 439 g/mol. The molecule has 1 amide bonds. The molecule has 3 rings (SSSR count). The van der Waals surface area contributed by atoms with Crippen molar-refractivity contribution in [3.05, 3.63) is 64.1 Å². The average Bonchev–Trinajstić information content (AvgIpc) is 3.25. The zero-order valence-electron chi connectivity index (χ0n) is 16.1. The van der Waals surface area contributed by atoms with E-state index in [0.29, 0.717) is 33.8 Å². The molecule has 1 heterocycles. The van der Waals surface area contributed by atoms with Gasteiger partial charge in [-0.15, -0.1) is 16.6 Å². The summed E-state index contributed by atoms with van der Waals surface area (Å²) < 4.78 is 11.1. The number of nitrogens with zero attached hydrogens (tertiary/aromatic N) is 2. The Morgan fingerprint density at radius 3 is 2.67 bits per heavy atom. The SMILES string of the molecule is C#CCOc1ccc(/C=C(\Cl)c2nnc(C(=O)Nc3ccccc3)s2)cc1OCC. The molecule has 6 nitrogen and oxygen atoms in total. The number of aromatic nitrogens is 2. The van der Waals surface area contributed by atoms with Gasteiger partial charge in [-0.05, 0) is 42.8 Å². The molecule has 0 aliphatic carbocycles. The zero-order valence-corrected chi connectivity index (χ0v) is 17.7. The van der Waals surface area contributed by atoms with Crippen molar-refractivity contribution in [1.29, 1.82) is 0 Å². The molecule has 0 aliphatic heterocycles. The van der Waals surface area contributed by atoms with Crippen LogP contribution in [0.3, 0.4) is 0 Å². The van der Waals surface area contributed by atoms with Crippen LogP contribution in [0.25, 0.3) is 11.1 Å². The summed E-state index contributed by atoms with van der Waals surface area (Å²) in [7, 11) is 0. The van der Waals surface area contributed by atoms with Crippen molar-refractivity contribution < 1.29 is 14.3 Å². The minimum atomic E-state index is -0.344. The number of anilines is 1. The Morgan fingerprint density at radius 1 is 1.17 bits per heavy atom. The highest BCUT2D eigenvalue weighted by Gasteiger charge is 2.15. The lowest BCUT2D eigenvalue weighted by Gasteiger charge is -2.11. The predicted octanol–water partition coefficient (Wildman–Crippen LogP) is 4.94. The molecule has 0 spiro atoms. The number of amides is 1. The van der Waals surface area contributed by atoms with Crippen molar-refractivity contribution in [3.63, 3.8) is 0 Å². The number of halogens is 1. The number of hydrogen-bond acceptors (Lipinski definition) is 6. The molecule has 0 saturated carbocycles. The number of terminal acetylenes is 1. The van der Waals surface area contributed by atoms with E-state index in [1.165, 1.54) is 0 Å². The van der Waals surface area contributed by atoms with Crippen molar-refractivity contribution in [3.8, 4) is 23.8 Å². The summed E-state index contributed by atoms with van der Waals surface area (Å²) in [6.07, 6.45) is 6.96. The molecule has 30 heavy (non-hydrogen) atoms. The Morgan fingerprint density at radius 2 is 1.93 bits per heavy atom. The number of benzene rings is 2. The molecule has 8 heteroatoms. The van der Waals surface area contributed by atoms with Crippen LogP contribution in [0.4, 0.5) is 5.69 Å². The van der Waals surface area contributed by atoms with Crippen LogP contribution in [-0.4, -0.2) is 29.3 Å². The van der Waals surface area contributed by atoms with Gasteiger partial charge in [0, 0.05) is 5.69 Å². The first-order valence-corrected chi connectivity index (χ1v) is 10.2. The Hall–Kier alpha value is -3.34. The van der Waals surface area contributed by atoms with Gasteiger partial charge in [0.25, 0.3) is 5.91 Å². The van der Waals surface area contributed by atoms with E-state index < -0.39 is 0 Å². The predicted molar refractivity (Wildman–Crippen MR) is 120 cm³/mol. The number of para-hydroxylation sites is 1. The first kappa shape index (κ1) is 21.4. The molecule has 1 aromatic heterocycles. The third kappa shape index (κ3) is 5.60. The molecular formula is C22H18ClN3O3S. The van der Waals surface area contributed by atoms with Crippen LogP contribution in [0.5, 0.6) is 11.5 Å². The standard InChI is InChI=1S/C22H18ClN3O3S/c1-3-12-29-18-11-10-15(14-19(18)28-4-2)13-17(23)21-25-26-22(30-21)20(27)24-16-8-6-5-7-9-16/h1,5-11,13-14H,4,12H2,2H3,(H,24,27)/b17-13-. The summed E-state index contributed by atoms with van der Waals surface area (Å²) in [4.78, 5) is 12.3. The van der Waals surface area contributed by atoms with E-state index in [2.05, 4.69) is 21.4 Å². The molecule has 0 unspecified atom stereocenters. The van der Waals surface area contributed by atoms with Crippen LogP contribution in [0, 0.1) is 12.3 Å². The van der Waals surface area contributed by atoms with Gasteiger partial charge in [-0.2, -0.15) is 0 Å². The van der Waals surface area contributed by atoms with E-state index in [-0.39, 0.29) is 17.5 Å². The summed E-state index contributed by atoms with van der Waals surface area (Å²) >= 11 is 7.51. The van der Waals surface area contributed by atoms with Crippen molar-refractivity contribution in [2.75, 3.05) is 18.5 Å². The fourth-order valence-corrected chi connectivity index (χ4v) is 3.37. The van der Waals surface area contributed by atoms with Crippen molar-refractivity contribution in [2.45, 2.75) is 6.92 Å². The normalized spacial score (nSPS) is 10.9. The minimum absolute atomic E-state index is 0.147. The number of hydrogen-bond donors (Lipinski definition) is 1. The first-order valence-electron chi connectivity index (χ1n) is 9.01. The maximum Gasteiger partial charge on any atom is 0.286 e. The van der Waals surface area contributed by atoms with E-state index in [9.17, 15) is 4.79 Å². The Labute approximate surface area is 183 Å². The largest absolute Gasteiger partial charge is 0.490 e. The van der Waals surface area contributed by atoms with E-state index in [0.717, 1.165) is 16.9 Å². The van der Waals surface area contributed by atoms with E-state index >= 15 is 0 Å². The zero-order chi connectivity index (χ0) is 21.3. The van der Waals surface area contributed by atoms with Crippen LogP contribution in [-0.2, 0) is 0 Å². The van der Waals surface area contributed by atoms with Crippen LogP contribution in [0.2, 0.25) is 0 Å². The number of carbonyl (C=O) groups excluding carboxylic acids is 1. The van der Waals surface area contributed by atoms with Gasteiger partial charge < -0.3 is 14.8 Å². The molecule has 0 aliphatic rings. The number of carbonyl (C=O) groups is 1. The van der Waals surface area contributed by atoms with Gasteiger partial charge in [0.1, 0.15) is 6.61 Å². The summed E-state index contributed by atoms with van der Waals surface area (Å²) in [5.74, 6) is 3.19.